The number of thioether (sulfide) groups is 1. The molecule has 2 N–H and O–H groups in total. The number of nitrogens with one attached hydrogen (secondary N) is 2. The van der Waals surface area contributed by atoms with Crippen molar-refractivity contribution in [2.24, 2.45) is 5.92 Å². The lowest BCUT2D eigenvalue weighted by molar-refractivity contribution is -0.118. The maximum Gasteiger partial charge on any atom is 0.240 e. The lowest BCUT2D eigenvalue weighted by Crippen LogP contribution is -2.32. The highest BCUT2D eigenvalue weighted by Gasteiger charge is 2.21. The molecule has 1 aliphatic heterocycles. The van der Waals surface area contributed by atoms with Gasteiger partial charge in [0.25, 0.3) is 0 Å². The van der Waals surface area contributed by atoms with Crippen LogP contribution in [-0.2, 0) is 19.6 Å². The van der Waals surface area contributed by atoms with Crippen molar-refractivity contribution in [2.75, 3.05) is 24.7 Å². The summed E-state index contributed by atoms with van der Waals surface area (Å²) in [7, 11) is -3.64. The number of hydrogen-bond donors (Lipinski definition) is 2. The third-order valence-electron chi connectivity index (χ3n) is 3.79. The molecule has 0 aromatic heterocycles. The van der Waals surface area contributed by atoms with Gasteiger partial charge in [0.05, 0.1) is 16.7 Å². The number of benzene rings is 1. The molecule has 2 rings (SSSR count). The van der Waals surface area contributed by atoms with Gasteiger partial charge in [0.1, 0.15) is 0 Å². The highest BCUT2D eigenvalue weighted by molar-refractivity contribution is 7.98. The maximum atomic E-state index is 12.5. The molecule has 1 aromatic carbocycles. The first-order valence-electron chi connectivity index (χ1n) is 7.93. The van der Waals surface area contributed by atoms with E-state index in [4.69, 9.17) is 4.74 Å². The number of anilines is 1. The van der Waals surface area contributed by atoms with Crippen LogP contribution in [0.15, 0.2) is 28.0 Å². The van der Waals surface area contributed by atoms with E-state index in [2.05, 4.69) is 10.0 Å². The average molecular weight is 373 g/mol. The number of carbonyl (C=O) groups excluding carboxylic acids is 1. The van der Waals surface area contributed by atoms with Gasteiger partial charge in [-0.2, -0.15) is 0 Å². The third kappa shape index (κ3) is 4.95. The van der Waals surface area contributed by atoms with Crippen molar-refractivity contribution in [1.82, 2.24) is 4.72 Å². The number of amides is 1. The van der Waals surface area contributed by atoms with E-state index in [1.807, 2.05) is 6.26 Å². The Morgan fingerprint density at radius 2 is 2.17 bits per heavy atom. The minimum absolute atomic E-state index is 0.0645. The topological polar surface area (TPSA) is 84.5 Å². The number of hydrogen-bond acceptors (Lipinski definition) is 5. The summed E-state index contributed by atoms with van der Waals surface area (Å²) in [6.07, 6.45) is 3.64. The van der Waals surface area contributed by atoms with Gasteiger partial charge < -0.3 is 10.1 Å². The molecule has 1 fully saturated rings. The van der Waals surface area contributed by atoms with Crippen LogP contribution in [0, 0.1) is 5.92 Å². The van der Waals surface area contributed by atoms with Crippen LogP contribution in [-0.4, -0.2) is 39.8 Å². The Bertz CT molecular complexity index is 683. The second kappa shape index (κ2) is 8.33. The molecule has 0 unspecified atom stereocenters. The van der Waals surface area contributed by atoms with Gasteiger partial charge in [-0.25, -0.2) is 13.1 Å². The summed E-state index contributed by atoms with van der Waals surface area (Å²) in [5, 5.41) is 2.79. The van der Waals surface area contributed by atoms with Crippen LogP contribution in [0.4, 0.5) is 5.69 Å². The van der Waals surface area contributed by atoms with E-state index in [0.29, 0.717) is 12.3 Å². The Morgan fingerprint density at radius 3 is 2.75 bits per heavy atom. The molecule has 1 saturated heterocycles. The summed E-state index contributed by atoms with van der Waals surface area (Å²) in [4.78, 5) is 12.9. The van der Waals surface area contributed by atoms with Crippen LogP contribution >= 0.6 is 11.8 Å². The third-order valence-corrected chi connectivity index (χ3v) is 6.01. The Labute approximate surface area is 147 Å². The Balaban J connectivity index is 2.17. The zero-order valence-corrected chi connectivity index (χ0v) is 15.8. The first-order valence-corrected chi connectivity index (χ1v) is 10.6. The Hall–Kier alpha value is -1.09. The molecule has 0 radical (unpaired) electrons. The second-order valence-electron chi connectivity index (χ2n) is 5.99. The monoisotopic (exact) mass is 372 g/mol. The van der Waals surface area contributed by atoms with E-state index < -0.39 is 10.0 Å². The Kier molecular flexibility index (Phi) is 6.68. The molecule has 24 heavy (non-hydrogen) atoms. The van der Waals surface area contributed by atoms with Crippen molar-refractivity contribution in [3.05, 3.63) is 18.2 Å². The van der Waals surface area contributed by atoms with Gasteiger partial charge in [-0.1, -0.05) is 13.8 Å². The fourth-order valence-corrected chi connectivity index (χ4v) is 3.95. The van der Waals surface area contributed by atoms with Gasteiger partial charge in [-0.05, 0) is 37.3 Å². The van der Waals surface area contributed by atoms with Crippen molar-refractivity contribution in [2.45, 2.75) is 42.6 Å². The van der Waals surface area contributed by atoms with Gasteiger partial charge in [-0.3, -0.25) is 4.79 Å². The van der Waals surface area contributed by atoms with Crippen molar-refractivity contribution >= 4 is 33.4 Å². The lowest BCUT2D eigenvalue weighted by Gasteiger charge is -2.15. The molecule has 6 nitrogen and oxygen atoms in total. The van der Waals surface area contributed by atoms with Crippen LogP contribution in [0.1, 0.15) is 26.7 Å². The molecule has 1 heterocycles. The number of rotatable bonds is 7. The van der Waals surface area contributed by atoms with Crippen molar-refractivity contribution in [3.8, 4) is 0 Å². The van der Waals surface area contributed by atoms with Gasteiger partial charge >= 0.3 is 0 Å². The minimum Gasteiger partial charge on any atom is -0.377 e. The van der Waals surface area contributed by atoms with Gasteiger partial charge in [0.15, 0.2) is 0 Å². The highest BCUT2D eigenvalue weighted by atomic mass is 32.2. The molecular formula is C16H24N2O4S2. The molecule has 0 spiro atoms. The molecule has 8 heteroatoms. The minimum atomic E-state index is -3.64. The zero-order valence-electron chi connectivity index (χ0n) is 14.2. The molecule has 1 amide bonds. The summed E-state index contributed by atoms with van der Waals surface area (Å²) in [5.41, 5.74) is 0.515. The molecule has 0 aliphatic carbocycles. The molecule has 1 aliphatic rings. The zero-order chi connectivity index (χ0) is 17.7. The van der Waals surface area contributed by atoms with Crippen LogP contribution in [0.25, 0.3) is 0 Å². The fourth-order valence-electron chi connectivity index (χ4n) is 2.32. The van der Waals surface area contributed by atoms with Crippen molar-refractivity contribution in [1.29, 1.82) is 0 Å². The highest BCUT2D eigenvalue weighted by Crippen LogP contribution is 2.28. The lowest BCUT2D eigenvalue weighted by atomic mass is 10.2. The Morgan fingerprint density at radius 1 is 1.42 bits per heavy atom. The molecule has 134 valence electrons. The van der Waals surface area contributed by atoms with E-state index in [1.54, 1.807) is 26.0 Å². The van der Waals surface area contributed by atoms with Crippen LogP contribution < -0.4 is 10.0 Å². The summed E-state index contributed by atoms with van der Waals surface area (Å²) >= 11 is 1.45. The summed E-state index contributed by atoms with van der Waals surface area (Å²) in [6, 6.07) is 4.76. The average Bonchev–Trinajstić information content (AvgIpc) is 3.06. The smallest absolute Gasteiger partial charge is 0.240 e. The van der Waals surface area contributed by atoms with Gasteiger partial charge in [0, 0.05) is 24.0 Å². The molecule has 0 saturated carbocycles. The summed E-state index contributed by atoms with van der Waals surface area (Å²) < 4.78 is 33.0. The largest absolute Gasteiger partial charge is 0.377 e. The molecule has 0 bridgehead atoms. The van der Waals surface area contributed by atoms with E-state index in [9.17, 15) is 13.2 Å². The number of carbonyl (C=O) groups is 1. The summed E-state index contributed by atoms with van der Waals surface area (Å²) in [6.45, 7) is 4.52. The maximum absolute atomic E-state index is 12.5. The van der Waals surface area contributed by atoms with Crippen LogP contribution in [0.2, 0.25) is 0 Å². The van der Waals surface area contributed by atoms with E-state index >= 15 is 0 Å². The summed E-state index contributed by atoms with van der Waals surface area (Å²) in [5.74, 6) is -0.329. The first-order chi connectivity index (χ1) is 11.3. The molecule has 1 atom stereocenters. The standard InChI is InChI=1S/C16H24N2O4S2/c1-11(2)16(19)18-14-9-13(6-7-15(14)23-3)24(20,21)17-10-12-5-4-8-22-12/h6-7,9,11-12,17H,4-5,8,10H2,1-3H3,(H,18,19)/t12-/m1/s1. The predicted octanol–water partition coefficient (Wildman–Crippen LogP) is 2.46. The number of ether oxygens (including phenoxy) is 1. The van der Waals surface area contributed by atoms with Gasteiger partial charge in [0.2, 0.25) is 15.9 Å². The SMILES string of the molecule is CSc1ccc(S(=O)(=O)NC[C@H]2CCCO2)cc1NC(=O)C(C)C. The van der Waals surface area contributed by atoms with E-state index in [0.717, 1.165) is 17.7 Å². The second-order valence-corrected chi connectivity index (χ2v) is 8.61. The van der Waals surface area contributed by atoms with Crippen molar-refractivity contribution < 1.29 is 17.9 Å². The van der Waals surface area contributed by atoms with Crippen LogP contribution in [0.3, 0.4) is 0 Å². The first kappa shape index (κ1) is 19.2. The van der Waals surface area contributed by atoms with Crippen LogP contribution in [0.5, 0.6) is 0 Å². The number of sulfonamides is 1. The van der Waals surface area contributed by atoms with Gasteiger partial charge in [-0.15, -0.1) is 11.8 Å². The van der Waals surface area contributed by atoms with E-state index in [1.165, 1.54) is 17.8 Å². The predicted molar refractivity (Wildman–Crippen MR) is 95.9 cm³/mol. The molecule has 1 aromatic rings. The normalized spacial score (nSPS) is 18.1. The van der Waals surface area contributed by atoms with E-state index in [-0.39, 0.29) is 29.4 Å². The quantitative estimate of drug-likeness (QED) is 0.718. The molecular weight excluding hydrogens is 348 g/mol. The van der Waals surface area contributed by atoms with Crippen molar-refractivity contribution in [3.63, 3.8) is 0 Å². The fraction of sp³-hybridized carbons (Fsp3) is 0.562.